The Morgan fingerprint density at radius 3 is 2.50 bits per heavy atom. The Hall–Kier alpha value is -2.62. The highest BCUT2D eigenvalue weighted by Gasteiger charge is 2.22. The number of nitrogens with one attached hydrogen (secondary N) is 1. The molecular weight excluding hydrogens is 327 g/mol. The number of hydrogen-bond donors (Lipinski definition) is 1. The molecule has 1 heterocycles. The summed E-state index contributed by atoms with van der Waals surface area (Å²) in [6.07, 6.45) is 2.42. The maximum Gasteiger partial charge on any atom is 0.220 e. The first-order valence-corrected chi connectivity index (χ1v) is 9.02. The van der Waals surface area contributed by atoms with E-state index in [-0.39, 0.29) is 17.6 Å². The Bertz CT molecular complexity index is 896. The SMILES string of the molecule is CC(C)CNC(=O)C[C@@H](c1ccc(F)cc1)c1cn(C)c2ccccc12. The number of nitrogens with zero attached hydrogens (tertiary/aromatic N) is 1. The number of benzene rings is 2. The highest BCUT2D eigenvalue weighted by atomic mass is 19.1. The summed E-state index contributed by atoms with van der Waals surface area (Å²) in [6.45, 7) is 4.80. The van der Waals surface area contributed by atoms with Crippen molar-refractivity contribution in [3.05, 3.63) is 71.7 Å². The zero-order chi connectivity index (χ0) is 18.7. The topological polar surface area (TPSA) is 34.0 Å². The van der Waals surface area contributed by atoms with E-state index in [1.54, 1.807) is 12.1 Å². The summed E-state index contributed by atoms with van der Waals surface area (Å²) >= 11 is 0. The van der Waals surface area contributed by atoms with E-state index >= 15 is 0 Å². The van der Waals surface area contributed by atoms with Crippen LogP contribution in [-0.4, -0.2) is 17.0 Å². The number of halogens is 1. The van der Waals surface area contributed by atoms with Gasteiger partial charge in [0, 0.05) is 43.0 Å². The summed E-state index contributed by atoms with van der Waals surface area (Å²) in [6, 6.07) is 14.6. The lowest BCUT2D eigenvalue weighted by Crippen LogP contribution is -2.28. The van der Waals surface area contributed by atoms with Gasteiger partial charge in [-0.1, -0.05) is 44.2 Å². The molecule has 0 bridgehead atoms. The molecule has 0 aliphatic carbocycles. The molecule has 0 aliphatic rings. The number of hydrogen-bond acceptors (Lipinski definition) is 1. The highest BCUT2D eigenvalue weighted by molar-refractivity contribution is 5.86. The Labute approximate surface area is 153 Å². The van der Waals surface area contributed by atoms with Crippen LogP contribution in [0.4, 0.5) is 4.39 Å². The standard InChI is InChI=1S/C22H25FN2O/c1-15(2)13-24-22(26)12-19(16-8-10-17(23)11-9-16)20-14-25(3)21-7-5-4-6-18(20)21/h4-11,14-15,19H,12-13H2,1-3H3,(H,24,26)/t19-/m0/s1. The molecule has 3 nitrogen and oxygen atoms in total. The molecule has 3 rings (SSSR count). The lowest BCUT2D eigenvalue weighted by atomic mass is 9.88. The second-order valence-corrected chi connectivity index (χ2v) is 7.22. The second kappa shape index (κ2) is 7.73. The molecule has 0 saturated heterocycles. The van der Waals surface area contributed by atoms with Gasteiger partial charge in [-0.2, -0.15) is 0 Å². The minimum absolute atomic E-state index is 0.0148. The van der Waals surface area contributed by atoms with Gasteiger partial charge in [0.25, 0.3) is 0 Å². The van der Waals surface area contributed by atoms with E-state index in [0.29, 0.717) is 18.9 Å². The molecular formula is C22H25FN2O. The van der Waals surface area contributed by atoms with Crippen LogP contribution in [0, 0.1) is 11.7 Å². The maximum atomic E-state index is 13.4. The quantitative estimate of drug-likeness (QED) is 0.690. The van der Waals surface area contributed by atoms with Crippen molar-refractivity contribution in [3.8, 4) is 0 Å². The molecule has 0 unspecified atom stereocenters. The minimum Gasteiger partial charge on any atom is -0.356 e. The predicted octanol–water partition coefficient (Wildman–Crippen LogP) is 4.61. The van der Waals surface area contributed by atoms with Gasteiger partial charge in [0.15, 0.2) is 0 Å². The lowest BCUT2D eigenvalue weighted by molar-refractivity contribution is -0.121. The third-order valence-corrected chi connectivity index (χ3v) is 4.67. The number of fused-ring (bicyclic) bond motifs is 1. The first-order valence-electron chi connectivity index (χ1n) is 9.02. The van der Waals surface area contributed by atoms with Crippen LogP contribution in [0.1, 0.15) is 37.3 Å². The van der Waals surface area contributed by atoms with E-state index in [1.807, 2.05) is 19.2 Å². The fourth-order valence-electron chi connectivity index (χ4n) is 3.33. The molecule has 4 heteroatoms. The van der Waals surface area contributed by atoms with Crippen LogP contribution in [0.15, 0.2) is 54.7 Å². The van der Waals surface area contributed by atoms with Crippen LogP contribution in [0.5, 0.6) is 0 Å². The van der Waals surface area contributed by atoms with Gasteiger partial charge in [-0.3, -0.25) is 4.79 Å². The number of amides is 1. The fourth-order valence-corrected chi connectivity index (χ4v) is 3.33. The summed E-state index contributed by atoms with van der Waals surface area (Å²) < 4.78 is 15.5. The zero-order valence-electron chi connectivity index (χ0n) is 15.5. The number of para-hydroxylation sites is 1. The molecule has 136 valence electrons. The van der Waals surface area contributed by atoms with Gasteiger partial charge >= 0.3 is 0 Å². The van der Waals surface area contributed by atoms with Crippen molar-refractivity contribution in [2.75, 3.05) is 6.54 Å². The molecule has 1 amide bonds. The summed E-state index contributed by atoms with van der Waals surface area (Å²) in [5.74, 6) is 0.0327. The molecule has 1 atom stereocenters. The van der Waals surface area contributed by atoms with Crippen LogP contribution in [0.3, 0.4) is 0 Å². The van der Waals surface area contributed by atoms with E-state index in [2.05, 4.69) is 42.1 Å². The van der Waals surface area contributed by atoms with Crippen molar-refractivity contribution >= 4 is 16.8 Å². The van der Waals surface area contributed by atoms with Gasteiger partial charge in [-0.15, -0.1) is 0 Å². The molecule has 0 spiro atoms. The number of aromatic nitrogens is 1. The molecule has 1 N–H and O–H groups in total. The van der Waals surface area contributed by atoms with Gasteiger partial charge < -0.3 is 9.88 Å². The Morgan fingerprint density at radius 2 is 1.81 bits per heavy atom. The van der Waals surface area contributed by atoms with Crippen molar-refractivity contribution < 1.29 is 9.18 Å². The second-order valence-electron chi connectivity index (χ2n) is 7.22. The average molecular weight is 352 g/mol. The molecule has 0 fully saturated rings. The first kappa shape index (κ1) is 18.2. The molecule has 0 radical (unpaired) electrons. The molecule has 1 aromatic heterocycles. The van der Waals surface area contributed by atoms with Crippen LogP contribution >= 0.6 is 0 Å². The summed E-state index contributed by atoms with van der Waals surface area (Å²) in [5.41, 5.74) is 3.16. The van der Waals surface area contributed by atoms with E-state index in [4.69, 9.17) is 0 Å². The van der Waals surface area contributed by atoms with Crippen LogP contribution in [0.25, 0.3) is 10.9 Å². The first-order chi connectivity index (χ1) is 12.5. The normalized spacial score (nSPS) is 12.5. The van der Waals surface area contributed by atoms with Crippen LogP contribution in [-0.2, 0) is 11.8 Å². The van der Waals surface area contributed by atoms with E-state index in [1.165, 1.54) is 12.1 Å². The predicted molar refractivity (Wildman–Crippen MR) is 104 cm³/mol. The fraction of sp³-hybridized carbons (Fsp3) is 0.318. The maximum absolute atomic E-state index is 13.4. The summed E-state index contributed by atoms with van der Waals surface area (Å²) in [7, 11) is 2.01. The van der Waals surface area contributed by atoms with E-state index in [0.717, 1.165) is 22.0 Å². The smallest absolute Gasteiger partial charge is 0.220 e. The number of aryl methyl sites for hydroxylation is 1. The van der Waals surface area contributed by atoms with Gasteiger partial charge in [0.05, 0.1) is 0 Å². The van der Waals surface area contributed by atoms with Crippen molar-refractivity contribution in [2.45, 2.75) is 26.2 Å². The molecule has 0 aliphatic heterocycles. The Balaban J connectivity index is 1.99. The highest BCUT2D eigenvalue weighted by Crippen LogP contribution is 2.34. The van der Waals surface area contributed by atoms with Crippen molar-refractivity contribution in [1.82, 2.24) is 9.88 Å². The van der Waals surface area contributed by atoms with Gasteiger partial charge in [0.2, 0.25) is 5.91 Å². The molecule has 26 heavy (non-hydrogen) atoms. The van der Waals surface area contributed by atoms with E-state index in [9.17, 15) is 9.18 Å². The van der Waals surface area contributed by atoms with E-state index < -0.39 is 0 Å². The number of rotatable bonds is 6. The molecule has 3 aromatic rings. The average Bonchev–Trinajstić information content (AvgIpc) is 2.96. The Kier molecular flexibility index (Phi) is 5.40. The van der Waals surface area contributed by atoms with Crippen molar-refractivity contribution in [1.29, 1.82) is 0 Å². The molecule has 0 saturated carbocycles. The van der Waals surface area contributed by atoms with Gasteiger partial charge in [-0.25, -0.2) is 4.39 Å². The van der Waals surface area contributed by atoms with Crippen LogP contribution < -0.4 is 5.32 Å². The van der Waals surface area contributed by atoms with Gasteiger partial charge in [0.1, 0.15) is 5.82 Å². The Morgan fingerprint density at radius 1 is 1.12 bits per heavy atom. The van der Waals surface area contributed by atoms with Crippen molar-refractivity contribution in [2.24, 2.45) is 13.0 Å². The largest absolute Gasteiger partial charge is 0.356 e. The third kappa shape index (κ3) is 3.96. The zero-order valence-corrected chi connectivity index (χ0v) is 15.5. The number of carbonyl (C=O) groups is 1. The third-order valence-electron chi connectivity index (χ3n) is 4.67. The molecule has 2 aromatic carbocycles. The van der Waals surface area contributed by atoms with Gasteiger partial charge in [-0.05, 0) is 35.2 Å². The number of carbonyl (C=O) groups excluding carboxylic acids is 1. The van der Waals surface area contributed by atoms with Crippen molar-refractivity contribution in [3.63, 3.8) is 0 Å². The summed E-state index contributed by atoms with van der Waals surface area (Å²) in [4.78, 5) is 12.5. The summed E-state index contributed by atoms with van der Waals surface area (Å²) in [5, 5.41) is 4.12. The monoisotopic (exact) mass is 352 g/mol. The van der Waals surface area contributed by atoms with Crippen LogP contribution in [0.2, 0.25) is 0 Å². The lowest BCUT2D eigenvalue weighted by Gasteiger charge is -2.18. The minimum atomic E-state index is -0.269.